The Hall–Kier alpha value is -1.22. The van der Waals surface area contributed by atoms with E-state index in [2.05, 4.69) is 18.3 Å². The molecule has 3 heteroatoms. The summed E-state index contributed by atoms with van der Waals surface area (Å²) in [4.78, 5) is 0. The summed E-state index contributed by atoms with van der Waals surface area (Å²) >= 11 is 0. The molecule has 0 saturated heterocycles. The number of hydrogen-bond acceptors (Lipinski definition) is 3. The molecule has 0 aromatic heterocycles. The third kappa shape index (κ3) is 3.44. The minimum atomic E-state index is 0.493. The van der Waals surface area contributed by atoms with Crippen LogP contribution < -0.4 is 15.8 Å². The average Bonchev–Trinajstić information content (AvgIpc) is 2.26. The quantitative estimate of drug-likeness (QED) is 0.778. The lowest BCUT2D eigenvalue weighted by atomic mass is 10.1. The Morgan fingerprint density at radius 3 is 2.73 bits per heavy atom. The molecule has 0 aliphatic rings. The molecule has 0 heterocycles. The zero-order chi connectivity index (χ0) is 11.3. The van der Waals surface area contributed by atoms with Crippen LogP contribution in [0, 0.1) is 12.8 Å². The highest BCUT2D eigenvalue weighted by molar-refractivity contribution is 5.50. The Morgan fingerprint density at radius 1 is 1.47 bits per heavy atom. The fourth-order valence-electron chi connectivity index (χ4n) is 1.36. The fourth-order valence-corrected chi connectivity index (χ4v) is 1.36. The topological polar surface area (TPSA) is 47.3 Å². The monoisotopic (exact) mass is 208 g/mol. The lowest BCUT2D eigenvalue weighted by molar-refractivity contribution is 0.412. The number of aryl methyl sites for hydroxylation is 1. The first-order valence-electron chi connectivity index (χ1n) is 5.26. The van der Waals surface area contributed by atoms with Crippen LogP contribution in [0.25, 0.3) is 0 Å². The summed E-state index contributed by atoms with van der Waals surface area (Å²) in [6.45, 7) is 5.78. The van der Waals surface area contributed by atoms with Crippen molar-refractivity contribution in [3.63, 3.8) is 0 Å². The Bertz CT molecular complexity index is 312. The van der Waals surface area contributed by atoms with Gasteiger partial charge >= 0.3 is 0 Å². The molecular weight excluding hydrogens is 188 g/mol. The smallest absolute Gasteiger partial charge is 0.121 e. The van der Waals surface area contributed by atoms with Crippen molar-refractivity contribution >= 4 is 5.69 Å². The maximum absolute atomic E-state index is 5.55. The second-order valence-corrected chi connectivity index (χ2v) is 3.91. The Balaban J connectivity index is 2.59. The highest BCUT2D eigenvalue weighted by Gasteiger charge is 2.01. The molecule has 0 bridgehead atoms. The predicted octanol–water partition coefficient (Wildman–Crippen LogP) is 2.01. The van der Waals surface area contributed by atoms with Gasteiger partial charge in [0.05, 0.1) is 7.11 Å². The molecule has 3 N–H and O–H groups in total. The molecular formula is C12H20N2O. The standard InChI is InChI=1S/C12H20N2O/c1-9(7-13)8-14-11-4-5-12(15-3)10(2)6-11/h4-6,9,14H,7-8,13H2,1-3H3. The van der Waals surface area contributed by atoms with E-state index in [1.54, 1.807) is 7.11 Å². The summed E-state index contributed by atoms with van der Waals surface area (Å²) in [6.07, 6.45) is 0. The number of hydrogen-bond donors (Lipinski definition) is 2. The largest absolute Gasteiger partial charge is 0.496 e. The van der Waals surface area contributed by atoms with Gasteiger partial charge in [-0.1, -0.05) is 6.92 Å². The second-order valence-electron chi connectivity index (χ2n) is 3.91. The van der Waals surface area contributed by atoms with Crippen LogP contribution in [-0.4, -0.2) is 20.2 Å². The number of nitrogens with one attached hydrogen (secondary N) is 1. The minimum Gasteiger partial charge on any atom is -0.496 e. The van der Waals surface area contributed by atoms with E-state index in [-0.39, 0.29) is 0 Å². The number of rotatable bonds is 5. The second kappa shape index (κ2) is 5.61. The Morgan fingerprint density at radius 2 is 2.20 bits per heavy atom. The zero-order valence-corrected chi connectivity index (χ0v) is 9.71. The van der Waals surface area contributed by atoms with E-state index in [9.17, 15) is 0 Å². The van der Waals surface area contributed by atoms with Gasteiger partial charge in [-0.05, 0) is 43.1 Å². The molecule has 0 amide bonds. The van der Waals surface area contributed by atoms with Gasteiger partial charge in [-0.15, -0.1) is 0 Å². The van der Waals surface area contributed by atoms with Crippen LogP contribution in [0.4, 0.5) is 5.69 Å². The number of methoxy groups -OCH3 is 1. The van der Waals surface area contributed by atoms with Crippen molar-refractivity contribution in [3.8, 4) is 5.75 Å². The SMILES string of the molecule is COc1ccc(NCC(C)CN)cc1C. The lowest BCUT2D eigenvalue weighted by Crippen LogP contribution is -2.19. The summed E-state index contributed by atoms with van der Waals surface area (Å²) in [7, 11) is 1.69. The molecule has 1 aromatic carbocycles. The summed E-state index contributed by atoms with van der Waals surface area (Å²) < 4.78 is 5.20. The van der Waals surface area contributed by atoms with Crippen molar-refractivity contribution in [3.05, 3.63) is 23.8 Å². The summed E-state index contributed by atoms with van der Waals surface area (Å²) in [6, 6.07) is 6.09. The molecule has 0 radical (unpaired) electrons. The van der Waals surface area contributed by atoms with Gasteiger partial charge in [-0.3, -0.25) is 0 Å². The summed E-state index contributed by atoms with van der Waals surface area (Å²) in [5.41, 5.74) is 7.81. The molecule has 1 aromatic rings. The van der Waals surface area contributed by atoms with E-state index >= 15 is 0 Å². The molecule has 1 unspecified atom stereocenters. The van der Waals surface area contributed by atoms with Crippen molar-refractivity contribution in [2.45, 2.75) is 13.8 Å². The normalized spacial score (nSPS) is 12.3. The first kappa shape index (κ1) is 11.9. The molecule has 15 heavy (non-hydrogen) atoms. The van der Waals surface area contributed by atoms with Gasteiger partial charge in [0.1, 0.15) is 5.75 Å². The van der Waals surface area contributed by atoms with E-state index < -0.39 is 0 Å². The van der Waals surface area contributed by atoms with Crippen LogP contribution in [0.1, 0.15) is 12.5 Å². The lowest BCUT2D eigenvalue weighted by Gasteiger charge is -2.12. The van der Waals surface area contributed by atoms with Gasteiger partial charge in [0.2, 0.25) is 0 Å². The first-order valence-corrected chi connectivity index (χ1v) is 5.26. The highest BCUT2D eigenvalue weighted by atomic mass is 16.5. The van der Waals surface area contributed by atoms with Crippen LogP contribution in [0.3, 0.4) is 0 Å². The first-order chi connectivity index (χ1) is 7.17. The van der Waals surface area contributed by atoms with E-state index in [1.807, 2.05) is 19.1 Å². The van der Waals surface area contributed by atoms with Crippen LogP contribution in [0.15, 0.2) is 18.2 Å². The van der Waals surface area contributed by atoms with Gasteiger partial charge in [0.25, 0.3) is 0 Å². The number of ether oxygens (including phenoxy) is 1. The molecule has 0 spiro atoms. The van der Waals surface area contributed by atoms with Crippen LogP contribution in [-0.2, 0) is 0 Å². The maximum atomic E-state index is 5.55. The van der Waals surface area contributed by atoms with Gasteiger partial charge in [-0.25, -0.2) is 0 Å². The number of anilines is 1. The van der Waals surface area contributed by atoms with Crippen molar-refractivity contribution in [2.75, 3.05) is 25.5 Å². The van der Waals surface area contributed by atoms with E-state index in [4.69, 9.17) is 10.5 Å². The number of benzene rings is 1. The number of nitrogens with two attached hydrogens (primary N) is 1. The Labute approximate surface area is 91.6 Å². The van der Waals surface area contributed by atoms with Crippen molar-refractivity contribution in [1.82, 2.24) is 0 Å². The van der Waals surface area contributed by atoms with E-state index in [0.29, 0.717) is 12.5 Å². The molecule has 3 nitrogen and oxygen atoms in total. The zero-order valence-electron chi connectivity index (χ0n) is 9.71. The van der Waals surface area contributed by atoms with Gasteiger partial charge in [-0.2, -0.15) is 0 Å². The highest BCUT2D eigenvalue weighted by Crippen LogP contribution is 2.21. The molecule has 0 aliphatic heterocycles. The van der Waals surface area contributed by atoms with Crippen molar-refractivity contribution < 1.29 is 4.74 Å². The molecule has 1 atom stereocenters. The average molecular weight is 208 g/mol. The summed E-state index contributed by atoms with van der Waals surface area (Å²) in [5.74, 6) is 1.42. The maximum Gasteiger partial charge on any atom is 0.121 e. The third-order valence-electron chi connectivity index (χ3n) is 2.45. The molecule has 1 rings (SSSR count). The Kier molecular flexibility index (Phi) is 4.43. The predicted molar refractivity (Wildman–Crippen MR) is 64.4 cm³/mol. The van der Waals surface area contributed by atoms with Crippen molar-refractivity contribution in [1.29, 1.82) is 0 Å². The molecule has 0 aliphatic carbocycles. The van der Waals surface area contributed by atoms with Gasteiger partial charge in [0, 0.05) is 12.2 Å². The summed E-state index contributed by atoms with van der Waals surface area (Å²) in [5, 5.41) is 3.35. The van der Waals surface area contributed by atoms with Gasteiger partial charge in [0.15, 0.2) is 0 Å². The molecule has 0 fully saturated rings. The molecule has 0 saturated carbocycles. The fraction of sp³-hybridized carbons (Fsp3) is 0.500. The van der Waals surface area contributed by atoms with E-state index in [0.717, 1.165) is 23.5 Å². The van der Waals surface area contributed by atoms with Crippen LogP contribution >= 0.6 is 0 Å². The van der Waals surface area contributed by atoms with Crippen LogP contribution in [0.5, 0.6) is 5.75 Å². The van der Waals surface area contributed by atoms with Gasteiger partial charge < -0.3 is 15.8 Å². The third-order valence-corrected chi connectivity index (χ3v) is 2.45. The van der Waals surface area contributed by atoms with Crippen LogP contribution in [0.2, 0.25) is 0 Å². The molecule has 84 valence electrons. The van der Waals surface area contributed by atoms with Crippen molar-refractivity contribution in [2.24, 2.45) is 11.7 Å². The van der Waals surface area contributed by atoms with E-state index in [1.165, 1.54) is 0 Å². The minimum absolute atomic E-state index is 0.493.